The molecular formula is C26H25N3O. The summed E-state index contributed by atoms with van der Waals surface area (Å²) in [6, 6.07) is 25.1. The van der Waals surface area contributed by atoms with Crippen molar-refractivity contribution in [1.82, 2.24) is 15.3 Å². The van der Waals surface area contributed by atoms with E-state index in [1.165, 1.54) is 16.7 Å². The smallest absolute Gasteiger partial charge is 0.251 e. The first-order valence-electron chi connectivity index (χ1n) is 10.6. The molecule has 0 saturated heterocycles. The maximum atomic E-state index is 12.8. The van der Waals surface area contributed by atoms with Gasteiger partial charge in [0.05, 0.1) is 17.4 Å². The standard InChI is InChI=1S/C26H25N3O/c30-25(20-12-13-23-24(17-20)29-18-28-23)27-16-15-26(21-9-2-1-3-10-21)14-6-8-19-7-4-5-11-22(19)26/h1-5,7,9-13,17-18H,6,8,14-16H2,(H,27,30)(H,28,29). The van der Waals surface area contributed by atoms with E-state index in [4.69, 9.17) is 0 Å². The van der Waals surface area contributed by atoms with Gasteiger partial charge in [-0.25, -0.2) is 4.98 Å². The molecule has 5 rings (SSSR count). The van der Waals surface area contributed by atoms with Gasteiger partial charge in [0.1, 0.15) is 0 Å². The predicted molar refractivity (Wildman–Crippen MR) is 120 cm³/mol. The minimum absolute atomic E-state index is 0.0428. The Bertz CT molecular complexity index is 1180. The zero-order valence-corrected chi connectivity index (χ0v) is 16.9. The molecule has 1 heterocycles. The molecule has 4 nitrogen and oxygen atoms in total. The first-order chi connectivity index (χ1) is 14.8. The number of H-pyrrole nitrogens is 1. The van der Waals surface area contributed by atoms with E-state index in [2.05, 4.69) is 69.9 Å². The number of carbonyl (C=O) groups is 1. The summed E-state index contributed by atoms with van der Waals surface area (Å²) in [5.41, 5.74) is 6.53. The molecule has 2 N–H and O–H groups in total. The van der Waals surface area contributed by atoms with Crippen LogP contribution in [0.4, 0.5) is 0 Å². The van der Waals surface area contributed by atoms with Crippen molar-refractivity contribution >= 4 is 16.9 Å². The van der Waals surface area contributed by atoms with Gasteiger partial charge in [-0.05, 0) is 60.6 Å². The lowest BCUT2D eigenvalue weighted by molar-refractivity contribution is 0.0951. The SMILES string of the molecule is O=C(NCCC1(c2ccccc2)CCCc2ccccc21)c1ccc2nc[nH]c2c1. The van der Waals surface area contributed by atoms with Crippen LogP contribution in [0.5, 0.6) is 0 Å². The van der Waals surface area contributed by atoms with E-state index in [-0.39, 0.29) is 11.3 Å². The Balaban J connectivity index is 1.40. The fourth-order valence-electron chi connectivity index (χ4n) is 4.95. The molecule has 0 bridgehead atoms. The Morgan fingerprint density at radius 2 is 1.87 bits per heavy atom. The summed E-state index contributed by atoms with van der Waals surface area (Å²) < 4.78 is 0. The summed E-state index contributed by atoms with van der Waals surface area (Å²) in [5.74, 6) is -0.0428. The molecule has 1 aromatic heterocycles. The van der Waals surface area contributed by atoms with Crippen molar-refractivity contribution in [1.29, 1.82) is 0 Å². The highest BCUT2D eigenvalue weighted by Gasteiger charge is 2.37. The third kappa shape index (κ3) is 3.28. The van der Waals surface area contributed by atoms with Gasteiger partial charge in [0.2, 0.25) is 0 Å². The molecule has 4 aromatic rings. The highest BCUT2D eigenvalue weighted by molar-refractivity contribution is 5.97. The van der Waals surface area contributed by atoms with Gasteiger partial charge in [0, 0.05) is 17.5 Å². The number of benzene rings is 3. The molecular weight excluding hydrogens is 370 g/mol. The second-order valence-electron chi connectivity index (χ2n) is 8.10. The average molecular weight is 396 g/mol. The molecule has 150 valence electrons. The first kappa shape index (κ1) is 18.6. The van der Waals surface area contributed by atoms with Crippen molar-refractivity contribution in [3.8, 4) is 0 Å². The maximum absolute atomic E-state index is 12.8. The number of aromatic amines is 1. The summed E-state index contributed by atoms with van der Waals surface area (Å²) in [6.07, 6.45) is 5.92. The van der Waals surface area contributed by atoms with Crippen LogP contribution >= 0.6 is 0 Å². The quantitative estimate of drug-likeness (QED) is 0.499. The van der Waals surface area contributed by atoms with E-state index < -0.39 is 0 Å². The zero-order chi connectivity index (χ0) is 20.4. The number of carbonyl (C=O) groups excluding carboxylic acids is 1. The van der Waals surface area contributed by atoms with E-state index in [9.17, 15) is 4.79 Å². The fourth-order valence-corrected chi connectivity index (χ4v) is 4.95. The lowest BCUT2D eigenvalue weighted by Crippen LogP contribution is -2.37. The number of aryl methyl sites for hydroxylation is 1. The highest BCUT2D eigenvalue weighted by Crippen LogP contribution is 2.44. The fraction of sp³-hybridized carbons (Fsp3) is 0.231. The van der Waals surface area contributed by atoms with Gasteiger partial charge < -0.3 is 10.3 Å². The topological polar surface area (TPSA) is 57.8 Å². The van der Waals surface area contributed by atoms with E-state index in [1.807, 2.05) is 18.2 Å². The van der Waals surface area contributed by atoms with Crippen LogP contribution in [-0.2, 0) is 11.8 Å². The number of hydrogen-bond donors (Lipinski definition) is 2. The number of rotatable bonds is 5. The van der Waals surface area contributed by atoms with Gasteiger partial charge in [0.25, 0.3) is 5.91 Å². The Kier molecular flexibility index (Phi) is 4.83. The Morgan fingerprint density at radius 1 is 1.03 bits per heavy atom. The van der Waals surface area contributed by atoms with Crippen LogP contribution < -0.4 is 5.32 Å². The number of hydrogen-bond acceptors (Lipinski definition) is 2. The molecule has 0 fully saturated rings. The number of imidazole rings is 1. The van der Waals surface area contributed by atoms with Crippen molar-refractivity contribution in [3.63, 3.8) is 0 Å². The van der Waals surface area contributed by atoms with Crippen molar-refractivity contribution in [3.05, 3.63) is 101 Å². The molecule has 1 aliphatic carbocycles. The molecule has 1 unspecified atom stereocenters. The van der Waals surface area contributed by atoms with Gasteiger partial charge in [-0.2, -0.15) is 0 Å². The molecule has 0 saturated carbocycles. The van der Waals surface area contributed by atoms with Crippen LogP contribution in [0.15, 0.2) is 79.1 Å². The number of fused-ring (bicyclic) bond motifs is 2. The van der Waals surface area contributed by atoms with Crippen LogP contribution in [-0.4, -0.2) is 22.4 Å². The summed E-state index contributed by atoms with van der Waals surface area (Å²) in [5, 5.41) is 3.16. The number of nitrogens with zero attached hydrogens (tertiary/aromatic N) is 1. The van der Waals surface area contributed by atoms with Crippen LogP contribution in [0.25, 0.3) is 11.0 Å². The average Bonchev–Trinajstić information content (AvgIpc) is 3.28. The Morgan fingerprint density at radius 3 is 2.77 bits per heavy atom. The molecule has 1 atom stereocenters. The largest absolute Gasteiger partial charge is 0.352 e. The van der Waals surface area contributed by atoms with Gasteiger partial charge in [-0.3, -0.25) is 4.79 Å². The van der Waals surface area contributed by atoms with Crippen LogP contribution in [0, 0.1) is 0 Å². The van der Waals surface area contributed by atoms with Gasteiger partial charge in [-0.15, -0.1) is 0 Å². The van der Waals surface area contributed by atoms with E-state index in [0.29, 0.717) is 12.1 Å². The lowest BCUT2D eigenvalue weighted by Gasteiger charge is -2.40. The minimum atomic E-state index is -0.0588. The first-order valence-corrected chi connectivity index (χ1v) is 10.6. The number of aromatic nitrogens is 2. The van der Waals surface area contributed by atoms with Crippen molar-refractivity contribution in [2.24, 2.45) is 0 Å². The van der Waals surface area contributed by atoms with Crippen molar-refractivity contribution < 1.29 is 4.79 Å². The molecule has 1 aliphatic rings. The van der Waals surface area contributed by atoms with Crippen LogP contribution in [0.1, 0.15) is 46.3 Å². The third-order valence-corrected chi connectivity index (χ3v) is 6.43. The molecule has 0 radical (unpaired) electrons. The number of amides is 1. The molecule has 4 heteroatoms. The van der Waals surface area contributed by atoms with E-state index in [0.717, 1.165) is 36.7 Å². The van der Waals surface area contributed by atoms with Crippen LogP contribution in [0.2, 0.25) is 0 Å². The van der Waals surface area contributed by atoms with Crippen LogP contribution in [0.3, 0.4) is 0 Å². The monoisotopic (exact) mass is 395 g/mol. The second-order valence-corrected chi connectivity index (χ2v) is 8.10. The van der Waals surface area contributed by atoms with Crippen molar-refractivity contribution in [2.75, 3.05) is 6.54 Å². The molecule has 3 aromatic carbocycles. The Hall–Kier alpha value is -3.40. The molecule has 1 amide bonds. The van der Waals surface area contributed by atoms with Gasteiger partial charge >= 0.3 is 0 Å². The molecule has 30 heavy (non-hydrogen) atoms. The number of nitrogens with one attached hydrogen (secondary N) is 2. The molecule has 0 aliphatic heterocycles. The zero-order valence-electron chi connectivity index (χ0n) is 16.9. The highest BCUT2D eigenvalue weighted by atomic mass is 16.1. The third-order valence-electron chi connectivity index (χ3n) is 6.43. The van der Waals surface area contributed by atoms with Crippen molar-refractivity contribution in [2.45, 2.75) is 31.1 Å². The second kappa shape index (κ2) is 7.79. The summed E-state index contributed by atoms with van der Waals surface area (Å²) in [7, 11) is 0. The predicted octanol–water partition coefficient (Wildman–Crippen LogP) is 5.01. The van der Waals surface area contributed by atoms with E-state index in [1.54, 1.807) is 6.33 Å². The Labute approximate surface area is 176 Å². The maximum Gasteiger partial charge on any atom is 0.251 e. The normalized spacial score (nSPS) is 18.1. The summed E-state index contributed by atoms with van der Waals surface area (Å²) in [6.45, 7) is 0.628. The summed E-state index contributed by atoms with van der Waals surface area (Å²) in [4.78, 5) is 20.1. The van der Waals surface area contributed by atoms with Gasteiger partial charge in [0.15, 0.2) is 0 Å². The minimum Gasteiger partial charge on any atom is -0.352 e. The van der Waals surface area contributed by atoms with Gasteiger partial charge in [-0.1, -0.05) is 54.6 Å². The van der Waals surface area contributed by atoms with E-state index >= 15 is 0 Å². The summed E-state index contributed by atoms with van der Waals surface area (Å²) >= 11 is 0. The molecule has 0 spiro atoms. The lowest BCUT2D eigenvalue weighted by atomic mass is 9.64.